The molecule has 0 aliphatic heterocycles. The molecule has 1 unspecified atom stereocenters. The van der Waals surface area contributed by atoms with E-state index < -0.39 is 0 Å². The smallest absolute Gasteiger partial charge is 0.0900 e. The van der Waals surface area contributed by atoms with Crippen molar-refractivity contribution in [3.8, 4) is 0 Å². The van der Waals surface area contributed by atoms with Gasteiger partial charge >= 0.3 is 0 Å². The first-order valence-electron chi connectivity index (χ1n) is 5.35. The van der Waals surface area contributed by atoms with Gasteiger partial charge in [-0.25, -0.2) is 4.98 Å². The standard InChI is InChI=1S/C11H20N2S/c1-5-8(3)12-7-11-10(6-2)13-9(4)14-11/h8,12H,5-7H2,1-4H3. The highest BCUT2D eigenvalue weighted by Crippen LogP contribution is 2.18. The molecule has 1 heterocycles. The van der Waals surface area contributed by atoms with Crippen LogP contribution < -0.4 is 5.32 Å². The maximum absolute atomic E-state index is 4.51. The zero-order chi connectivity index (χ0) is 10.6. The fourth-order valence-electron chi connectivity index (χ4n) is 1.34. The number of nitrogens with zero attached hydrogens (tertiary/aromatic N) is 1. The molecular formula is C11H20N2S. The van der Waals surface area contributed by atoms with E-state index in [1.54, 1.807) is 0 Å². The summed E-state index contributed by atoms with van der Waals surface area (Å²) in [7, 11) is 0. The van der Waals surface area contributed by atoms with E-state index in [0.29, 0.717) is 6.04 Å². The number of aryl methyl sites for hydroxylation is 2. The lowest BCUT2D eigenvalue weighted by Gasteiger charge is -2.10. The van der Waals surface area contributed by atoms with Crippen LogP contribution in [0.25, 0.3) is 0 Å². The third-order valence-electron chi connectivity index (χ3n) is 2.44. The average Bonchev–Trinajstić information content (AvgIpc) is 2.55. The Labute approximate surface area is 90.8 Å². The van der Waals surface area contributed by atoms with Gasteiger partial charge in [-0.05, 0) is 26.7 Å². The molecule has 0 aliphatic rings. The van der Waals surface area contributed by atoms with Crippen molar-refractivity contribution in [3.63, 3.8) is 0 Å². The second-order valence-electron chi connectivity index (χ2n) is 3.65. The van der Waals surface area contributed by atoms with E-state index in [4.69, 9.17) is 0 Å². The van der Waals surface area contributed by atoms with Crippen LogP contribution in [-0.2, 0) is 13.0 Å². The Morgan fingerprint density at radius 1 is 1.43 bits per heavy atom. The molecule has 1 rings (SSSR count). The normalized spacial score (nSPS) is 13.1. The highest BCUT2D eigenvalue weighted by Gasteiger charge is 2.07. The summed E-state index contributed by atoms with van der Waals surface area (Å²) in [4.78, 5) is 5.92. The van der Waals surface area contributed by atoms with Crippen molar-refractivity contribution in [2.45, 2.75) is 53.1 Å². The fraction of sp³-hybridized carbons (Fsp3) is 0.727. The Hall–Kier alpha value is -0.410. The molecule has 1 aromatic rings. The van der Waals surface area contributed by atoms with E-state index >= 15 is 0 Å². The van der Waals surface area contributed by atoms with Crippen molar-refractivity contribution >= 4 is 11.3 Å². The predicted octanol–water partition coefficient (Wildman–Crippen LogP) is 2.90. The lowest BCUT2D eigenvalue weighted by atomic mass is 10.2. The molecule has 14 heavy (non-hydrogen) atoms. The van der Waals surface area contributed by atoms with Crippen LogP contribution in [0.2, 0.25) is 0 Å². The van der Waals surface area contributed by atoms with Crippen molar-refractivity contribution in [3.05, 3.63) is 15.6 Å². The number of nitrogens with one attached hydrogen (secondary N) is 1. The van der Waals surface area contributed by atoms with Gasteiger partial charge in [0, 0.05) is 17.5 Å². The summed E-state index contributed by atoms with van der Waals surface area (Å²) >= 11 is 1.82. The summed E-state index contributed by atoms with van der Waals surface area (Å²) in [6.07, 6.45) is 2.22. The number of hydrogen-bond acceptors (Lipinski definition) is 3. The van der Waals surface area contributed by atoms with E-state index in [1.807, 2.05) is 11.3 Å². The summed E-state index contributed by atoms with van der Waals surface area (Å²) in [6.45, 7) is 9.65. The van der Waals surface area contributed by atoms with Crippen LogP contribution in [0.15, 0.2) is 0 Å². The van der Waals surface area contributed by atoms with Crippen LogP contribution in [-0.4, -0.2) is 11.0 Å². The summed E-state index contributed by atoms with van der Waals surface area (Å²) < 4.78 is 0. The van der Waals surface area contributed by atoms with Crippen LogP contribution in [0.4, 0.5) is 0 Å². The van der Waals surface area contributed by atoms with Gasteiger partial charge in [-0.3, -0.25) is 0 Å². The Balaban J connectivity index is 2.57. The first kappa shape index (κ1) is 11.7. The second kappa shape index (κ2) is 5.47. The molecule has 0 aromatic carbocycles. The molecule has 2 nitrogen and oxygen atoms in total. The van der Waals surface area contributed by atoms with E-state index in [0.717, 1.165) is 13.0 Å². The molecule has 0 spiro atoms. The van der Waals surface area contributed by atoms with Gasteiger partial charge in [-0.15, -0.1) is 11.3 Å². The predicted molar refractivity (Wildman–Crippen MR) is 62.8 cm³/mol. The van der Waals surface area contributed by atoms with Gasteiger partial charge in [-0.1, -0.05) is 13.8 Å². The largest absolute Gasteiger partial charge is 0.309 e. The third-order valence-corrected chi connectivity index (χ3v) is 3.46. The molecule has 0 fully saturated rings. The third kappa shape index (κ3) is 3.07. The topological polar surface area (TPSA) is 24.9 Å². The van der Waals surface area contributed by atoms with Gasteiger partial charge in [0.25, 0.3) is 0 Å². The lowest BCUT2D eigenvalue weighted by molar-refractivity contribution is 0.535. The SMILES string of the molecule is CCc1nc(C)sc1CNC(C)CC. The van der Waals surface area contributed by atoms with Gasteiger partial charge in [0.2, 0.25) is 0 Å². The number of rotatable bonds is 5. The maximum atomic E-state index is 4.51. The Kier molecular flexibility index (Phi) is 4.55. The minimum absolute atomic E-state index is 0.599. The van der Waals surface area contributed by atoms with Crippen molar-refractivity contribution in [1.29, 1.82) is 0 Å². The summed E-state index contributed by atoms with van der Waals surface area (Å²) in [5.41, 5.74) is 1.27. The second-order valence-corrected chi connectivity index (χ2v) is 4.93. The van der Waals surface area contributed by atoms with E-state index in [-0.39, 0.29) is 0 Å². The molecule has 0 amide bonds. The number of aromatic nitrogens is 1. The molecule has 0 bridgehead atoms. The van der Waals surface area contributed by atoms with Crippen molar-refractivity contribution in [2.75, 3.05) is 0 Å². The minimum atomic E-state index is 0.599. The Bertz CT molecular complexity index is 281. The van der Waals surface area contributed by atoms with Gasteiger partial charge in [-0.2, -0.15) is 0 Å². The van der Waals surface area contributed by atoms with Crippen LogP contribution in [0.5, 0.6) is 0 Å². The Morgan fingerprint density at radius 2 is 2.14 bits per heavy atom. The van der Waals surface area contributed by atoms with Crippen LogP contribution >= 0.6 is 11.3 Å². The molecule has 1 aromatic heterocycles. The van der Waals surface area contributed by atoms with Crippen molar-refractivity contribution < 1.29 is 0 Å². The highest BCUT2D eigenvalue weighted by molar-refractivity contribution is 7.11. The fourth-order valence-corrected chi connectivity index (χ4v) is 2.31. The first-order valence-corrected chi connectivity index (χ1v) is 6.17. The van der Waals surface area contributed by atoms with Crippen LogP contribution in [0, 0.1) is 6.92 Å². The summed E-state index contributed by atoms with van der Waals surface area (Å²) in [5.74, 6) is 0. The van der Waals surface area contributed by atoms with Crippen LogP contribution in [0.3, 0.4) is 0 Å². The average molecular weight is 212 g/mol. The van der Waals surface area contributed by atoms with Crippen molar-refractivity contribution in [1.82, 2.24) is 10.3 Å². The highest BCUT2D eigenvalue weighted by atomic mass is 32.1. The summed E-state index contributed by atoms with van der Waals surface area (Å²) in [6, 6.07) is 0.599. The number of thiazole rings is 1. The Morgan fingerprint density at radius 3 is 2.71 bits per heavy atom. The van der Waals surface area contributed by atoms with Crippen molar-refractivity contribution in [2.24, 2.45) is 0 Å². The van der Waals surface area contributed by atoms with E-state index in [9.17, 15) is 0 Å². The van der Waals surface area contributed by atoms with E-state index in [2.05, 4.69) is 38.0 Å². The molecule has 0 saturated carbocycles. The summed E-state index contributed by atoms with van der Waals surface area (Å²) in [5, 5.41) is 4.69. The molecule has 0 radical (unpaired) electrons. The zero-order valence-corrected chi connectivity index (χ0v) is 10.4. The molecule has 3 heteroatoms. The zero-order valence-electron chi connectivity index (χ0n) is 9.55. The first-order chi connectivity index (χ1) is 6.67. The van der Waals surface area contributed by atoms with Gasteiger partial charge in [0.15, 0.2) is 0 Å². The van der Waals surface area contributed by atoms with E-state index in [1.165, 1.54) is 22.0 Å². The molecular weight excluding hydrogens is 192 g/mol. The van der Waals surface area contributed by atoms with Gasteiger partial charge in [0.05, 0.1) is 10.7 Å². The van der Waals surface area contributed by atoms with Gasteiger partial charge < -0.3 is 5.32 Å². The van der Waals surface area contributed by atoms with Crippen LogP contribution in [0.1, 0.15) is 42.8 Å². The number of hydrogen-bond donors (Lipinski definition) is 1. The quantitative estimate of drug-likeness (QED) is 0.812. The monoisotopic (exact) mass is 212 g/mol. The lowest BCUT2D eigenvalue weighted by Crippen LogP contribution is -2.24. The minimum Gasteiger partial charge on any atom is -0.309 e. The molecule has 0 saturated heterocycles. The molecule has 80 valence electrons. The van der Waals surface area contributed by atoms with Gasteiger partial charge in [0.1, 0.15) is 0 Å². The molecule has 1 N–H and O–H groups in total. The molecule has 1 atom stereocenters. The maximum Gasteiger partial charge on any atom is 0.0900 e. The molecule has 0 aliphatic carbocycles.